The van der Waals surface area contributed by atoms with Gasteiger partial charge < -0.3 is 0 Å². The number of hydrogen-bond donors (Lipinski definition) is 0. The summed E-state index contributed by atoms with van der Waals surface area (Å²) in [6, 6.07) is 7.12. The van der Waals surface area contributed by atoms with Crippen molar-refractivity contribution in [1.29, 1.82) is 0 Å². The quantitative estimate of drug-likeness (QED) is 0.861. The van der Waals surface area contributed by atoms with Crippen LogP contribution in [0.5, 0.6) is 0 Å². The largest absolute Gasteiger partial charge is 0.265 e. The van der Waals surface area contributed by atoms with E-state index in [1.807, 2.05) is 18.4 Å². The molecule has 0 N–H and O–H groups in total. The van der Waals surface area contributed by atoms with Crippen LogP contribution in [0.2, 0.25) is 0 Å². The molecule has 0 radical (unpaired) electrons. The average Bonchev–Trinajstić information content (AvgIpc) is 2.87. The maximum Gasteiger partial charge on any atom is 0.265 e. The molecule has 0 bridgehead atoms. The summed E-state index contributed by atoms with van der Waals surface area (Å²) in [6.45, 7) is 5.15. The van der Waals surface area contributed by atoms with Gasteiger partial charge in [-0.25, -0.2) is 12.7 Å². The number of rotatable bonds is 3. The summed E-state index contributed by atoms with van der Waals surface area (Å²) in [5.74, 6) is 0.395. The Morgan fingerprint density at radius 2 is 1.89 bits per heavy atom. The van der Waals surface area contributed by atoms with Crippen LogP contribution in [0, 0.1) is 0 Å². The van der Waals surface area contributed by atoms with Gasteiger partial charge in [-0.05, 0) is 29.9 Å². The van der Waals surface area contributed by atoms with E-state index in [-0.39, 0.29) is 0 Å². The summed E-state index contributed by atoms with van der Waals surface area (Å²) in [5, 5.41) is 0.577. The lowest BCUT2D eigenvalue weighted by atomic mass is 10.0. The van der Waals surface area contributed by atoms with Gasteiger partial charge in [0.1, 0.15) is 0 Å². The summed E-state index contributed by atoms with van der Waals surface area (Å²) in [4.78, 5) is 4.53. The Balaban J connectivity index is 2.32. The molecular formula is C13H18N2O2S2. The molecule has 1 aromatic rings. The van der Waals surface area contributed by atoms with Gasteiger partial charge in [0.2, 0.25) is 0 Å². The van der Waals surface area contributed by atoms with E-state index in [4.69, 9.17) is 0 Å². The molecule has 6 heteroatoms. The molecule has 0 saturated heterocycles. The minimum Gasteiger partial charge on any atom is -0.260 e. The highest BCUT2D eigenvalue weighted by Gasteiger charge is 2.30. The Bertz CT molecular complexity index is 577. The predicted molar refractivity (Wildman–Crippen MR) is 80.2 cm³/mol. The molecular weight excluding hydrogens is 280 g/mol. The monoisotopic (exact) mass is 298 g/mol. The molecule has 0 aromatic heterocycles. The van der Waals surface area contributed by atoms with Crippen LogP contribution in [0.15, 0.2) is 34.2 Å². The van der Waals surface area contributed by atoms with Crippen molar-refractivity contribution in [1.82, 2.24) is 4.31 Å². The zero-order valence-electron chi connectivity index (χ0n) is 11.3. The molecule has 0 amide bonds. The summed E-state index contributed by atoms with van der Waals surface area (Å²) in [7, 11) is -3.46. The van der Waals surface area contributed by atoms with Crippen LogP contribution in [0.1, 0.15) is 25.3 Å². The van der Waals surface area contributed by atoms with Crippen LogP contribution in [0.3, 0.4) is 0 Å². The van der Waals surface area contributed by atoms with Crippen molar-refractivity contribution in [3.63, 3.8) is 0 Å². The Kier molecular flexibility index (Phi) is 4.20. The fourth-order valence-corrected chi connectivity index (χ4v) is 4.31. The normalized spacial score (nSPS) is 16.0. The van der Waals surface area contributed by atoms with E-state index in [9.17, 15) is 8.42 Å². The molecule has 0 atom stereocenters. The zero-order valence-corrected chi connectivity index (χ0v) is 13.0. The SMILES string of the molecule is CSC1=NCCN1S(=O)(=O)c1ccc(C(C)C)cc1. The minimum atomic E-state index is -3.46. The van der Waals surface area contributed by atoms with Gasteiger partial charge in [0, 0.05) is 0 Å². The van der Waals surface area contributed by atoms with Gasteiger partial charge in [-0.2, -0.15) is 0 Å². The molecule has 19 heavy (non-hydrogen) atoms. The second kappa shape index (κ2) is 5.54. The first-order chi connectivity index (χ1) is 8.96. The van der Waals surface area contributed by atoms with Gasteiger partial charge >= 0.3 is 0 Å². The first-order valence-corrected chi connectivity index (χ1v) is 8.84. The summed E-state index contributed by atoms with van der Waals surface area (Å²) >= 11 is 1.37. The van der Waals surface area contributed by atoms with E-state index in [0.29, 0.717) is 29.1 Å². The lowest BCUT2D eigenvalue weighted by Crippen LogP contribution is -2.32. The standard InChI is InChI=1S/C13H18N2O2S2/c1-10(2)11-4-6-12(7-5-11)19(16,17)15-9-8-14-13(15)18-3/h4-7,10H,8-9H2,1-3H3. The van der Waals surface area contributed by atoms with Crippen LogP contribution >= 0.6 is 11.8 Å². The van der Waals surface area contributed by atoms with Crippen molar-refractivity contribution in [3.8, 4) is 0 Å². The maximum atomic E-state index is 12.5. The lowest BCUT2D eigenvalue weighted by Gasteiger charge is -2.19. The molecule has 1 aromatic carbocycles. The van der Waals surface area contributed by atoms with E-state index in [1.54, 1.807) is 12.1 Å². The fourth-order valence-electron chi connectivity index (χ4n) is 1.95. The van der Waals surface area contributed by atoms with Crippen molar-refractivity contribution in [2.24, 2.45) is 4.99 Å². The molecule has 4 nitrogen and oxygen atoms in total. The van der Waals surface area contributed by atoms with Gasteiger partial charge in [0.25, 0.3) is 10.0 Å². The predicted octanol–water partition coefficient (Wildman–Crippen LogP) is 2.53. The van der Waals surface area contributed by atoms with Crippen LogP contribution in [-0.4, -0.2) is 37.2 Å². The number of thioether (sulfide) groups is 1. The topological polar surface area (TPSA) is 49.7 Å². The maximum absolute atomic E-state index is 12.5. The first-order valence-electron chi connectivity index (χ1n) is 6.18. The summed E-state index contributed by atoms with van der Waals surface area (Å²) in [6.07, 6.45) is 1.84. The van der Waals surface area contributed by atoms with Gasteiger partial charge in [-0.15, -0.1) is 0 Å². The molecule has 0 unspecified atom stereocenters. The summed E-state index contributed by atoms with van der Waals surface area (Å²) < 4.78 is 26.4. The zero-order chi connectivity index (χ0) is 14.0. The van der Waals surface area contributed by atoms with E-state index in [0.717, 1.165) is 5.56 Å². The Labute approximate surface area is 119 Å². The molecule has 2 rings (SSSR count). The van der Waals surface area contributed by atoms with Gasteiger partial charge in [0.05, 0.1) is 18.0 Å². The number of benzene rings is 1. The third kappa shape index (κ3) is 2.79. The Hall–Kier alpha value is -1.01. The Morgan fingerprint density at radius 3 is 2.42 bits per heavy atom. The number of amidine groups is 1. The van der Waals surface area contributed by atoms with E-state index >= 15 is 0 Å². The molecule has 0 spiro atoms. The third-order valence-corrected chi connectivity index (χ3v) is 5.71. The Morgan fingerprint density at radius 1 is 1.26 bits per heavy atom. The second-order valence-electron chi connectivity index (χ2n) is 4.67. The van der Waals surface area contributed by atoms with Gasteiger partial charge in [-0.1, -0.05) is 37.7 Å². The minimum absolute atomic E-state index is 0.334. The molecule has 1 heterocycles. The van der Waals surface area contributed by atoms with E-state index in [1.165, 1.54) is 16.1 Å². The highest BCUT2D eigenvalue weighted by atomic mass is 32.2. The summed E-state index contributed by atoms with van der Waals surface area (Å²) in [5.41, 5.74) is 1.14. The van der Waals surface area contributed by atoms with Crippen molar-refractivity contribution in [2.45, 2.75) is 24.7 Å². The van der Waals surface area contributed by atoms with Crippen molar-refractivity contribution in [3.05, 3.63) is 29.8 Å². The smallest absolute Gasteiger partial charge is 0.260 e. The van der Waals surface area contributed by atoms with Crippen LogP contribution in [-0.2, 0) is 10.0 Å². The van der Waals surface area contributed by atoms with Crippen LogP contribution in [0.4, 0.5) is 0 Å². The molecule has 1 aliphatic rings. The first kappa shape index (κ1) is 14.4. The number of hydrogen-bond acceptors (Lipinski definition) is 4. The second-order valence-corrected chi connectivity index (χ2v) is 7.31. The van der Waals surface area contributed by atoms with Crippen LogP contribution in [0.25, 0.3) is 0 Å². The van der Waals surface area contributed by atoms with E-state index in [2.05, 4.69) is 18.8 Å². The van der Waals surface area contributed by atoms with Crippen LogP contribution < -0.4 is 0 Å². The molecule has 1 aliphatic heterocycles. The van der Waals surface area contributed by atoms with Crippen molar-refractivity contribution in [2.75, 3.05) is 19.3 Å². The fraction of sp³-hybridized carbons (Fsp3) is 0.462. The highest BCUT2D eigenvalue weighted by Crippen LogP contribution is 2.24. The van der Waals surface area contributed by atoms with E-state index < -0.39 is 10.0 Å². The third-order valence-electron chi connectivity index (χ3n) is 3.08. The lowest BCUT2D eigenvalue weighted by molar-refractivity contribution is 0.540. The molecule has 104 valence electrons. The van der Waals surface area contributed by atoms with Gasteiger partial charge in [0.15, 0.2) is 5.17 Å². The van der Waals surface area contributed by atoms with Crippen molar-refractivity contribution >= 4 is 27.0 Å². The molecule has 0 fully saturated rings. The molecule has 0 aliphatic carbocycles. The van der Waals surface area contributed by atoms with Crippen molar-refractivity contribution < 1.29 is 8.42 Å². The molecule has 0 saturated carbocycles. The number of aliphatic imine (C=N–C) groups is 1. The highest BCUT2D eigenvalue weighted by molar-refractivity contribution is 8.14. The number of nitrogens with zero attached hydrogens (tertiary/aromatic N) is 2. The van der Waals surface area contributed by atoms with Gasteiger partial charge in [-0.3, -0.25) is 4.99 Å². The number of sulfonamides is 1. The average molecular weight is 298 g/mol.